The number of nitrogens with zero attached hydrogens (tertiary/aromatic N) is 1. The summed E-state index contributed by atoms with van der Waals surface area (Å²) in [5, 5.41) is 21.0. The first-order chi connectivity index (χ1) is 9.69. The number of carboxylic acids is 2. The number of aliphatic carboxylic acids is 2. The van der Waals surface area contributed by atoms with Crippen molar-refractivity contribution < 1.29 is 32.7 Å². The normalized spacial score (nSPS) is 13.0. The van der Waals surface area contributed by atoms with Crippen LogP contribution in [0, 0.1) is 6.92 Å². The van der Waals surface area contributed by atoms with Crippen LogP contribution in [0.15, 0.2) is 10.6 Å². The molecule has 0 aromatic carbocycles. The predicted molar refractivity (Wildman–Crippen MR) is 69.9 cm³/mol. The molecule has 1 heterocycles. The first-order valence-corrected chi connectivity index (χ1v) is 7.71. The number of nitrogens with one attached hydrogen (secondary N) is 1. The molecule has 0 saturated carbocycles. The third-order valence-corrected chi connectivity index (χ3v) is 3.84. The highest BCUT2D eigenvalue weighted by Crippen LogP contribution is 2.08. The topological polar surface area (TPSA) is 147 Å². The van der Waals surface area contributed by atoms with Crippen molar-refractivity contribution in [2.75, 3.05) is 0 Å². The van der Waals surface area contributed by atoms with E-state index in [1.807, 2.05) is 4.72 Å². The lowest BCUT2D eigenvalue weighted by atomic mass is 10.1. The summed E-state index contributed by atoms with van der Waals surface area (Å²) in [5.41, 5.74) is 0.162. The molecule has 1 aromatic heterocycles. The Morgan fingerprint density at radius 1 is 1.43 bits per heavy atom. The van der Waals surface area contributed by atoms with Crippen molar-refractivity contribution in [1.29, 1.82) is 0 Å². The van der Waals surface area contributed by atoms with Crippen LogP contribution in [-0.4, -0.2) is 41.8 Å². The van der Waals surface area contributed by atoms with E-state index in [4.69, 9.17) is 14.7 Å². The SMILES string of the molecule is Cc1cc(CS(=O)(=O)N[C@H](CCCC(=O)O)C(=O)O)no1. The van der Waals surface area contributed by atoms with Crippen molar-refractivity contribution in [2.45, 2.75) is 38.0 Å². The van der Waals surface area contributed by atoms with Gasteiger partial charge >= 0.3 is 11.9 Å². The zero-order chi connectivity index (χ0) is 16.0. The van der Waals surface area contributed by atoms with Gasteiger partial charge < -0.3 is 14.7 Å². The number of carbonyl (C=O) groups is 2. The summed E-state index contributed by atoms with van der Waals surface area (Å²) in [6, 6.07) is 0.0572. The summed E-state index contributed by atoms with van der Waals surface area (Å²) in [6.45, 7) is 1.60. The molecule has 10 heteroatoms. The second kappa shape index (κ2) is 7.18. The number of hydrogen-bond donors (Lipinski definition) is 3. The number of carboxylic acid groups (broad SMARTS) is 2. The Labute approximate surface area is 121 Å². The number of aromatic nitrogens is 1. The highest BCUT2D eigenvalue weighted by molar-refractivity contribution is 7.88. The van der Waals surface area contributed by atoms with Gasteiger partial charge in [0.05, 0.1) is 0 Å². The first-order valence-electron chi connectivity index (χ1n) is 6.06. The molecule has 21 heavy (non-hydrogen) atoms. The van der Waals surface area contributed by atoms with Crippen LogP contribution in [0.5, 0.6) is 0 Å². The maximum atomic E-state index is 11.8. The molecule has 1 atom stereocenters. The molecule has 118 valence electrons. The average Bonchev–Trinajstić information content (AvgIpc) is 2.71. The van der Waals surface area contributed by atoms with Crippen LogP contribution < -0.4 is 4.72 Å². The molecule has 0 radical (unpaired) electrons. The van der Waals surface area contributed by atoms with Gasteiger partial charge in [0.15, 0.2) is 0 Å². The molecule has 1 aromatic rings. The Morgan fingerprint density at radius 2 is 2.10 bits per heavy atom. The second-order valence-electron chi connectivity index (χ2n) is 4.48. The largest absolute Gasteiger partial charge is 0.481 e. The Kier molecular flexibility index (Phi) is 5.85. The van der Waals surface area contributed by atoms with Gasteiger partial charge in [-0.25, -0.2) is 13.1 Å². The molecular formula is C11H16N2O7S. The molecule has 0 fully saturated rings. The maximum Gasteiger partial charge on any atom is 0.321 e. The summed E-state index contributed by atoms with van der Waals surface area (Å²) < 4.78 is 30.4. The minimum atomic E-state index is -3.92. The Balaban J connectivity index is 2.64. The fourth-order valence-electron chi connectivity index (χ4n) is 1.63. The van der Waals surface area contributed by atoms with E-state index in [0.29, 0.717) is 5.76 Å². The lowest BCUT2D eigenvalue weighted by Crippen LogP contribution is -2.41. The summed E-state index contributed by atoms with van der Waals surface area (Å²) in [6.07, 6.45) is -0.287. The van der Waals surface area contributed by atoms with Gasteiger partial charge in [0.2, 0.25) is 10.0 Å². The average molecular weight is 320 g/mol. The van der Waals surface area contributed by atoms with E-state index in [2.05, 4.69) is 5.16 Å². The van der Waals surface area contributed by atoms with E-state index in [0.717, 1.165) is 0 Å². The summed E-state index contributed by atoms with van der Waals surface area (Å²) in [5.74, 6) is -2.50. The summed E-state index contributed by atoms with van der Waals surface area (Å²) >= 11 is 0. The second-order valence-corrected chi connectivity index (χ2v) is 6.24. The minimum absolute atomic E-state index is 0.0535. The van der Waals surface area contributed by atoms with E-state index >= 15 is 0 Å². The van der Waals surface area contributed by atoms with E-state index in [-0.39, 0.29) is 25.0 Å². The molecule has 0 amide bonds. The van der Waals surface area contributed by atoms with E-state index in [1.54, 1.807) is 6.92 Å². The summed E-state index contributed by atoms with van der Waals surface area (Å²) in [7, 11) is -3.92. The quantitative estimate of drug-likeness (QED) is 0.581. The van der Waals surface area contributed by atoms with Gasteiger partial charge in [-0.15, -0.1) is 0 Å². The molecule has 0 aliphatic carbocycles. The number of hydrogen-bond acceptors (Lipinski definition) is 6. The van der Waals surface area contributed by atoms with Crippen molar-refractivity contribution in [3.8, 4) is 0 Å². The Hall–Kier alpha value is -1.94. The van der Waals surface area contributed by atoms with E-state index in [1.165, 1.54) is 6.07 Å². The molecule has 0 bridgehead atoms. The van der Waals surface area contributed by atoms with Crippen LogP contribution in [0.1, 0.15) is 30.7 Å². The predicted octanol–water partition coefficient (Wildman–Crippen LogP) is 0.111. The smallest absolute Gasteiger partial charge is 0.321 e. The van der Waals surface area contributed by atoms with Crippen LogP contribution in [0.25, 0.3) is 0 Å². The van der Waals surface area contributed by atoms with Crippen LogP contribution in [0.2, 0.25) is 0 Å². The molecule has 3 N–H and O–H groups in total. The van der Waals surface area contributed by atoms with Gasteiger partial charge in [-0.3, -0.25) is 9.59 Å². The van der Waals surface area contributed by atoms with Crippen molar-refractivity contribution in [1.82, 2.24) is 9.88 Å². The lowest BCUT2D eigenvalue weighted by molar-refractivity contribution is -0.140. The van der Waals surface area contributed by atoms with Gasteiger partial charge in [-0.1, -0.05) is 5.16 Å². The van der Waals surface area contributed by atoms with Crippen LogP contribution in [0.4, 0.5) is 0 Å². The van der Waals surface area contributed by atoms with Crippen LogP contribution in [-0.2, 0) is 25.4 Å². The maximum absolute atomic E-state index is 11.8. The van der Waals surface area contributed by atoms with Gasteiger partial charge in [-0.2, -0.15) is 0 Å². The zero-order valence-electron chi connectivity index (χ0n) is 11.3. The molecule has 0 aliphatic rings. The third kappa shape index (κ3) is 6.36. The highest BCUT2D eigenvalue weighted by atomic mass is 32.2. The first kappa shape index (κ1) is 17.1. The highest BCUT2D eigenvalue weighted by Gasteiger charge is 2.25. The molecule has 9 nitrogen and oxygen atoms in total. The standard InChI is InChI=1S/C11H16N2O7S/c1-7-5-8(12-20-7)6-21(18,19)13-9(11(16)17)3-2-4-10(14)15/h5,9,13H,2-4,6H2,1H3,(H,14,15)(H,16,17)/t9-/m1/s1. The molecular weight excluding hydrogens is 304 g/mol. The Morgan fingerprint density at radius 3 is 2.57 bits per heavy atom. The molecule has 0 unspecified atom stereocenters. The van der Waals surface area contributed by atoms with Crippen molar-refractivity contribution in [3.63, 3.8) is 0 Å². The van der Waals surface area contributed by atoms with Crippen LogP contribution >= 0.6 is 0 Å². The third-order valence-electron chi connectivity index (χ3n) is 2.52. The number of rotatable bonds is 9. The van der Waals surface area contributed by atoms with Gasteiger partial charge in [0.25, 0.3) is 0 Å². The number of aryl methyl sites for hydroxylation is 1. The molecule has 0 spiro atoms. The van der Waals surface area contributed by atoms with Crippen molar-refractivity contribution >= 4 is 22.0 Å². The van der Waals surface area contributed by atoms with Crippen molar-refractivity contribution in [3.05, 3.63) is 17.5 Å². The molecule has 1 rings (SSSR count). The lowest BCUT2D eigenvalue weighted by Gasteiger charge is -2.13. The van der Waals surface area contributed by atoms with Crippen LogP contribution in [0.3, 0.4) is 0 Å². The fraction of sp³-hybridized carbons (Fsp3) is 0.545. The Bertz CT molecular complexity index is 608. The molecule has 0 saturated heterocycles. The van der Waals surface area contributed by atoms with E-state index in [9.17, 15) is 18.0 Å². The van der Waals surface area contributed by atoms with Crippen molar-refractivity contribution in [2.24, 2.45) is 0 Å². The van der Waals surface area contributed by atoms with E-state index < -0.39 is 33.8 Å². The number of sulfonamides is 1. The fourth-order valence-corrected chi connectivity index (χ4v) is 2.89. The minimum Gasteiger partial charge on any atom is -0.481 e. The monoisotopic (exact) mass is 320 g/mol. The van der Waals surface area contributed by atoms with Gasteiger partial charge in [0.1, 0.15) is 23.2 Å². The zero-order valence-corrected chi connectivity index (χ0v) is 12.1. The summed E-state index contributed by atoms with van der Waals surface area (Å²) in [4.78, 5) is 21.4. The van der Waals surface area contributed by atoms with Gasteiger partial charge in [0, 0.05) is 12.5 Å². The van der Waals surface area contributed by atoms with Gasteiger partial charge in [-0.05, 0) is 19.8 Å². The molecule has 0 aliphatic heterocycles.